The minimum absolute atomic E-state index is 0.0304. The SMILES string of the molecule is C[C@@H](Nc1c(C#N)c(Cl)nc2c1ncn2[C@@H]1O[C@H](CO)[C@H]2OC(C)(C)O[C@H]21)c1ccccc1F. The fourth-order valence-corrected chi connectivity index (χ4v) is 4.81. The molecule has 1 aromatic carbocycles. The molecule has 5 rings (SSSR count). The molecule has 4 heterocycles. The molecule has 0 saturated carbocycles. The third-order valence-electron chi connectivity index (χ3n) is 6.09. The maximum Gasteiger partial charge on any atom is 0.166 e. The number of nitrogens with one attached hydrogen (secondary N) is 1. The van der Waals surface area contributed by atoms with Gasteiger partial charge in [-0.05, 0) is 26.8 Å². The number of benzene rings is 1. The van der Waals surface area contributed by atoms with E-state index in [9.17, 15) is 14.8 Å². The van der Waals surface area contributed by atoms with E-state index in [2.05, 4.69) is 21.4 Å². The fraction of sp³-hybridized carbons (Fsp3) is 0.435. The monoisotopic (exact) mass is 487 g/mol. The molecule has 2 aliphatic heterocycles. The predicted octanol–water partition coefficient (Wildman–Crippen LogP) is 3.68. The predicted molar refractivity (Wildman–Crippen MR) is 121 cm³/mol. The number of hydrogen-bond acceptors (Lipinski definition) is 8. The van der Waals surface area contributed by atoms with Crippen molar-refractivity contribution in [1.82, 2.24) is 14.5 Å². The van der Waals surface area contributed by atoms with E-state index in [1.807, 2.05) is 0 Å². The summed E-state index contributed by atoms with van der Waals surface area (Å²) in [5.41, 5.74) is 1.59. The molecule has 0 amide bonds. The largest absolute Gasteiger partial charge is 0.394 e. The van der Waals surface area contributed by atoms with Crippen molar-refractivity contribution in [3.05, 3.63) is 52.7 Å². The topological polar surface area (TPSA) is 114 Å². The molecule has 0 aliphatic carbocycles. The summed E-state index contributed by atoms with van der Waals surface area (Å²) in [4.78, 5) is 8.88. The van der Waals surface area contributed by atoms with Gasteiger partial charge in [0.25, 0.3) is 0 Å². The minimum Gasteiger partial charge on any atom is -0.394 e. The lowest BCUT2D eigenvalue weighted by Gasteiger charge is -2.24. The molecule has 2 N–H and O–H groups in total. The quantitative estimate of drug-likeness (QED) is 0.524. The van der Waals surface area contributed by atoms with Gasteiger partial charge in [0.05, 0.1) is 24.7 Å². The van der Waals surface area contributed by atoms with Gasteiger partial charge in [0.1, 0.15) is 41.3 Å². The van der Waals surface area contributed by atoms with Crippen LogP contribution >= 0.6 is 11.6 Å². The molecule has 2 aromatic heterocycles. The molecule has 34 heavy (non-hydrogen) atoms. The summed E-state index contributed by atoms with van der Waals surface area (Å²) in [7, 11) is 0. The van der Waals surface area contributed by atoms with Crippen LogP contribution < -0.4 is 5.32 Å². The van der Waals surface area contributed by atoms with E-state index in [0.717, 1.165) is 0 Å². The Morgan fingerprint density at radius 3 is 2.76 bits per heavy atom. The first-order chi connectivity index (χ1) is 16.2. The number of halogens is 2. The van der Waals surface area contributed by atoms with Crippen LogP contribution in [0.3, 0.4) is 0 Å². The molecule has 9 nitrogen and oxygen atoms in total. The minimum atomic E-state index is -0.845. The van der Waals surface area contributed by atoms with Gasteiger partial charge < -0.3 is 24.6 Å². The van der Waals surface area contributed by atoms with Crippen LogP contribution in [0.2, 0.25) is 5.15 Å². The summed E-state index contributed by atoms with van der Waals surface area (Å²) in [5, 5.41) is 22.7. The highest BCUT2D eigenvalue weighted by Crippen LogP contribution is 2.44. The number of anilines is 1. The summed E-state index contributed by atoms with van der Waals surface area (Å²) >= 11 is 6.39. The smallest absolute Gasteiger partial charge is 0.166 e. The molecule has 0 bridgehead atoms. The summed E-state index contributed by atoms with van der Waals surface area (Å²) in [6.07, 6.45) is -0.766. The standard InChI is InChI=1S/C23H23ClFN5O4/c1-11(12-6-4-5-7-14(12)25)28-16-13(8-26)20(24)29-21-17(16)27-10-30(21)22-19-18(15(9-31)32-22)33-23(2,3)34-19/h4-7,10-11,15,18-19,22,31H,9H2,1-3H3,(H,28,29)/t11-,15-,18-,19-,22-/m1/s1. The molecule has 2 aliphatic rings. The van der Waals surface area contributed by atoms with Crippen LogP contribution in [0.25, 0.3) is 11.2 Å². The van der Waals surface area contributed by atoms with Gasteiger partial charge in [-0.2, -0.15) is 5.26 Å². The number of nitrogens with zero attached hydrogens (tertiary/aromatic N) is 4. The third kappa shape index (κ3) is 3.70. The van der Waals surface area contributed by atoms with Gasteiger partial charge in [0.2, 0.25) is 0 Å². The number of aliphatic hydroxyl groups excluding tert-OH is 1. The number of rotatable bonds is 5. The molecule has 0 unspecified atom stereocenters. The Kier molecular flexibility index (Phi) is 5.70. The van der Waals surface area contributed by atoms with Crippen LogP contribution in [0.5, 0.6) is 0 Å². The van der Waals surface area contributed by atoms with Gasteiger partial charge in [-0.15, -0.1) is 0 Å². The molecule has 178 valence electrons. The number of hydrogen-bond donors (Lipinski definition) is 2. The van der Waals surface area contributed by atoms with Crippen LogP contribution in [0.15, 0.2) is 30.6 Å². The second kappa shape index (κ2) is 8.45. The van der Waals surface area contributed by atoms with Gasteiger partial charge in [0, 0.05) is 5.56 Å². The molecule has 2 fully saturated rings. The van der Waals surface area contributed by atoms with Crippen molar-refractivity contribution < 1.29 is 23.7 Å². The first kappa shape index (κ1) is 23.0. The Morgan fingerprint density at radius 1 is 1.32 bits per heavy atom. The lowest BCUT2D eigenvalue weighted by Crippen LogP contribution is -2.31. The van der Waals surface area contributed by atoms with Crippen LogP contribution in [-0.2, 0) is 14.2 Å². The lowest BCUT2D eigenvalue weighted by atomic mass is 10.1. The summed E-state index contributed by atoms with van der Waals surface area (Å²) in [6, 6.07) is 7.96. The molecule has 0 radical (unpaired) electrons. The zero-order valence-corrected chi connectivity index (χ0v) is 19.5. The van der Waals surface area contributed by atoms with E-state index in [-0.39, 0.29) is 23.1 Å². The second-order valence-corrected chi connectivity index (χ2v) is 9.15. The Morgan fingerprint density at radius 2 is 2.06 bits per heavy atom. The second-order valence-electron chi connectivity index (χ2n) is 8.79. The van der Waals surface area contributed by atoms with Gasteiger partial charge in [0.15, 0.2) is 22.8 Å². The highest BCUT2D eigenvalue weighted by molar-refractivity contribution is 6.31. The summed E-state index contributed by atoms with van der Waals surface area (Å²) in [6.45, 7) is 5.12. The normalized spacial score (nSPS) is 26.4. The lowest BCUT2D eigenvalue weighted by molar-refractivity contribution is -0.199. The average molecular weight is 488 g/mol. The van der Waals surface area contributed by atoms with Crippen molar-refractivity contribution >= 4 is 28.5 Å². The Bertz CT molecular complexity index is 1290. The van der Waals surface area contributed by atoms with E-state index < -0.39 is 36.4 Å². The molecule has 2 saturated heterocycles. The number of aromatic nitrogens is 3. The zero-order valence-electron chi connectivity index (χ0n) is 18.7. The number of imidazole rings is 1. The summed E-state index contributed by atoms with van der Waals surface area (Å²) < 4.78 is 34.0. The van der Waals surface area contributed by atoms with Gasteiger partial charge in [-0.25, -0.2) is 14.4 Å². The zero-order chi connectivity index (χ0) is 24.2. The number of aliphatic hydroxyl groups is 1. The van der Waals surface area contributed by atoms with Crippen molar-refractivity contribution in [3.8, 4) is 6.07 Å². The fourth-order valence-electron chi connectivity index (χ4n) is 4.59. The third-order valence-corrected chi connectivity index (χ3v) is 6.36. The molecular weight excluding hydrogens is 465 g/mol. The van der Waals surface area contributed by atoms with Crippen molar-refractivity contribution in [2.45, 2.75) is 57.1 Å². The number of ether oxygens (including phenoxy) is 3. The Labute approximate surface area is 200 Å². The van der Waals surface area contributed by atoms with E-state index >= 15 is 0 Å². The molecular formula is C23H23ClFN5O4. The molecule has 11 heteroatoms. The van der Waals surface area contributed by atoms with Crippen LogP contribution in [-0.4, -0.2) is 50.3 Å². The molecule has 5 atom stereocenters. The van der Waals surface area contributed by atoms with E-state index in [1.165, 1.54) is 12.4 Å². The van der Waals surface area contributed by atoms with Gasteiger partial charge in [-0.3, -0.25) is 4.57 Å². The van der Waals surface area contributed by atoms with E-state index in [0.29, 0.717) is 22.4 Å². The number of nitriles is 1. The summed E-state index contributed by atoms with van der Waals surface area (Å²) in [5.74, 6) is -1.22. The Hall–Kier alpha value is -2.81. The van der Waals surface area contributed by atoms with Crippen LogP contribution in [0.1, 0.15) is 44.2 Å². The first-order valence-corrected chi connectivity index (χ1v) is 11.2. The van der Waals surface area contributed by atoms with Crippen LogP contribution in [0.4, 0.5) is 10.1 Å². The average Bonchev–Trinajstić information content (AvgIpc) is 3.44. The maximum absolute atomic E-state index is 14.4. The van der Waals surface area contributed by atoms with Crippen molar-refractivity contribution in [2.75, 3.05) is 11.9 Å². The molecule has 3 aromatic rings. The highest BCUT2D eigenvalue weighted by atomic mass is 35.5. The molecule has 0 spiro atoms. The van der Waals surface area contributed by atoms with Crippen molar-refractivity contribution in [1.29, 1.82) is 5.26 Å². The number of fused-ring (bicyclic) bond motifs is 2. The highest BCUT2D eigenvalue weighted by Gasteiger charge is 2.56. The van der Waals surface area contributed by atoms with E-state index in [4.69, 9.17) is 25.8 Å². The first-order valence-electron chi connectivity index (χ1n) is 10.8. The van der Waals surface area contributed by atoms with Crippen molar-refractivity contribution in [3.63, 3.8) is 0 Å². The van der Waals surface area contributed by atoms with Crippen LogP contribution in [0, 0.1) is 17.1 Å². The van der Waals surface area contributed by atoms with E-state index in [1.54, 1.807) is 43.5 Å². The maximum atomic E-state index is 14.4. The van der Waals surface area contributed by atoms with Crippen molar-refractivity contribution in [2.24, 2.45) is 0 Å². The number of pyridine rings is 1. The van der Waals surface area contributed by atoms with Gasteiger partial charge >= 0.3 is 0 Å². The Balaban J connectivity index is 1.58. The van der Waals surface area contributed by atoms with Gasteiger partial charge in [-0.1, -0.05) is 29.8 Å².